The van der Waals surface area contributed by atoms with E-state index in [1.807, 2.05) is 0 Å². The van der Waals surface area contributed by atoms with Crippen LogP contribution in [-0.4, -0.2) is 37.5 Å². The van der Waals surface area contributed by atoms with E-state index in [1.54, 1.807) is 0 Å². The van der Waals surface area contributed by atoms with Crippen LogP contribution in [0.3, 0.4) is 0 Å². The number of hydrogen-bond acceptors (Lipinski definition) is 2. The molecule has 0 aromatic rings. The molecule has 1 amide bonds. The van der Waals surface area contributed by atoms with Gasteiger partial charge in [0.15, 0.2) is 0 Å². The molecule has 1 saturated carbocycles. The third-order valence-electron chi connectivity index (χ3n) is 2.87. The number of nitrogens with one attached hydrogen (secondary N) is 1. The molecule has 0 aromatic heterocycles. The third-order valence-corrected chi connectivity index (χ3v) is 2.87. The molecule has 3 nitrogen and oxygen atoms in total. The lowest BCUT2D eigenvalue weighted by Gasteiger charge is -2.58. The van der Waals surface area contributed by atoms with Crippen LogP contribution in [0.1, 0.15) is 12.8 Å². The molecule has 1 N–H and O–H groups in total. The molecule has 3 heteroatoms. The number of carbonyl (C=O) groups excluding carboxylic acids is 1. The summed E-state index contributed by atoms with van der Waals surface area (Å²) in [4.78, 5) is 12.4. The molecule has 2 rings (SSSR count). The van der Waals surface area contributed by atoms with E-state index in [9.17, 15) is 4.79 Å². The summed E-state index contributed by atoms with van der Waals surface area (Å²) < 4.78 is 0. The fourth-order valence-electron chi connectivity index (χ4n) is 2.56. The molecule has 0 unspecified atom stereocenters. The van der Waals surface area contributed by atoms with Gasteiger partial charge in [0.25, 0.3) is 0 Å². The molecule has 1 aliphatic heterocycles. The van der Waals surface area contributed by atoms with Crippen molar-refractivity contribution in [2.24, 2.45) is 5.41 Å². The van der Waals surface area contributed by atoms with Gasteiger partial charge in [-0.15, -0.1) is 0 Å². The summed E-state index contributed by atoms with van der Waals surface area (Å²) in [6.07, 6.45) is 3.20. The van der Waals surface area contributed by atoms with Crippen molar-refractivity contribution in [2.45, 2.75) is 18.9 Å². The van der Waals surface area contributed by atoms with Crippen molar-refractivity contribution in [1.82, 2.24) is 10.2 Å². The van der Waals surface area contributed by atoms with Crippen molar-refractivity contribution in [3.05, 3.63) is 0 Å². The molecule has 1 aliphatic carbocycles. The maximum Gasteiger partial charge on any atom is 0.207 e. The van der Waals surface area contributed by atoms with Gasteiger partial charge in [-0.1, -0.05) is 0 Å². The number of amides is 1. The standard InChI is InChI=1S/C8H14N2O/c1-10-4-8(5-10)2-7(3-8)9-6-11/h6-7H,2-5H2,1H3,(H,9,11). The molecule has 0 bridgehead atoms. The van der Waals surface area contributed by atoms with Gasteiger partial charge < -0.3 is 10.2 Å². The summed E-state index contributed by atoms with van der Waals surface area (Å²) >= 11 is 0. The molecule has 2 fully saturated rings. The highest BCUT2D eigenvalue weighted by molar-refractivity contribution is 5.47. The summed E-state index contributed by atoms with van der Waals surface area (Å²) in [5, 5.41) is 2.82. The first-order valence-corrected chi connectivity index (χ1v) is 4.12. The average molecular weight is 154 g/mol. The molecular formula is C8H14N2O. The fourth-order valence-corrected chi connectivity index (χ4v) is 2.56. The average Bonchev–Trinajstić information content (AvgIpc) is 1.80. The first-order chi connectivity index (χ1) is 5.24. The SMILES string of the molecule is CN1CC2(CC(NC=O)C2)C1. The Morgan fingerprint density at radius 2 is 2.18 bits per heavy atom. The van der Waals surface area contributed by atoms with Gasteiger partial charge in [-0.2, -0.15) is 0 Å². The van der Waals surface area contributed by atoms with Gasteiger partial charge in [-0.25, -0.2) is 0 Å². The predicted octanol–water partition coefficient (Wildman–Crippen LogP) is -0.173. The number of carbonyl (C=O) groups is 1. The lowest BCUT2D eigenvalue weighted by atomic mass is 9.61. The van der Waals surface area contributed by atoms with E-state index in [0.29, 0.717) is 11.5 Å². The van der Waals surface area contributed by atoms with Crippen molar-refractivity contribution in [2.75, 3.05) is 20.1 Å². The molecule has 1 heterocycles. The molecule has 2 aliphatic rings. The van der Waals surface area contributed by atoms with Crippen LogP contribution in [0.5, 0.6) is 0 Å². The van der Waals surface area contributed by atoms with Crippen molar-refractivity contribution >= 4 is 6.41 Å². The van der Waals surface area contributed by atoms with E-state index in [0.717, 1.165) is 6.41 Å². The van der Waals surface area contributed by atoms with Crippen LogP contribution >= 0.6 is 0 Å². The highest BCUT2D eigenvalue weighted by Gasteiger charge is 2.50. The van der Waals surface area contributed by atoms with Gasteiger partial charge in [0.05, 0.1) is 0 Å². The summed E-state index contributed by atoms with van der Waals surface area (Å²) in [5.41, 5.74) is 0.593. The van der Waals surface area contributed by atoms with Crippen LogP contribution in [0.4, 0.5) is 0 Å². The Hall–Kier alpha value is -0.570. The molecule has 1 spiro atoms. The molecule has 11 heavy (non-hydrogen) atoms. The monoisotopic (exact) mass is 154 g/mol. The topological polar surface area (TPSA) is 32.3 Å². The Balaban J connectivity index is 1.75. The van der Waals surface area contributed by atoms with E-state index in [4.69, 9.17) is 0 Å². The van der Waals surface area contributed by atoms with Gasteiger partial charge >= 0.3 is 0 Å². The van der Waals surface area contributed by atoms with Gasteiger partial charge in [-0.3, -0.25) is 4.79 Å². The zero-order valence-corrected chi connectivity index (χ0v) is 6.84. The van der Waals surface area contributed by atoms with Crippen LogP contribution in [0.2, 0.25) is 0 Å². The Labute approximate surface area is 66.8 Å². The zero-order valence-electron chi connectivity index (χ0n) is 6.84. The molecule has 0 atom stereocenters. The first-order valence-electron chi connectivity index (χ1n) is 4.12. The van der Waals surface area contributed by atoms with Gasteiger partial charge in [0, 0.05) is 19.1 Å². The molecule has 0 aromatic carbocycles. The summed E-state index contributed by atoms with van der Waals surface area (Å²) in [6, 6.07) is 0.473. The Morgan fingerprint density at radius 3 is 2.64 bits per heavy atom. The number of rotatable bonds is 2. The van der Waals surface area contributed by atoms with Crippen molar-refractivity contribution in [3.8, 4) is 0 Å². The Kier molecular flexibility index (Phi) is 1.42. The minimum atomic E-state index is 0.473. The summed E-state index contributed by atoms with van der Waals surface area (Å²) in [6.45, 7) is 2.45. The molecular weight excluding hydrogens is 140 g/mol. The van der Waals surface area contributed by atoms with Crippen molar-refractivity contribution in [1.29, 1.82) is 0 Å². The number of hydrogen-bond donors (Lipinski definition) is 1. The smallest absolute Gasteiger partial charge is 0.207 e. The van der Waals surface area contributed by atoms with E-state index in [-0.39, 0.29) is 0 Å². The quantitative estimate of drug-likeness (QED) is 0.560. The van der Waals surface area contributed by atoms with Crippen LogP contribution in [0.25, 0.3) is 0 Å². The number of likely N-dealkylation sites (tertiary alicyclic amines) is 1. The second-order valence-corrected chi connectivity index (χ2v) is 4.06. The minimum Gasteiger partial charge on any atom is -0.356 e. The number of nitrogens with zero attached hydrogens (tertiary/aromatic N) is 1. The zero-order chi connectivity index (χ0) is 7.90. The van der Waals surface area contributed by atoms with Crippen LogP contribution in [0, 0.1) is 5.41 Å². The normalized spacial score (nSPS) is 29.2. The van der Waals surface area contributed by atoms with E-state index in [2.05, 4.69) is 17.3 Å². The second kappa shape index (κ2) is 2.21. The Bertz CT molecular complexity index is 167. The lowest BCUT2D eigenvalue weighted by Crippen LogP contribution is -2.64. The summed E-state index contributed by atoms with van der Waals surface area (Å²) in [5.74, 6) is 0. The van der Waals surface area contributed by atoms with Gasteiger partial charge in [-0.05, 0) is 25.3 Å². The van der Waals surface area contributed by atoms with Gasteiger partial charge in [0.1, 0.15) is 0 Å². The fraction of sp³-hybridized carbons (Fsp3) is 0.875. The molecule has 62 valence electrons. The van der Waals surface area contributed by atoms with E-state index in [1.165, 1.54) is 25.9 Å². The van der Waals surface area contributed by atoms with Gasteiger partial charge in [0.2, 0.25) is 6.41 Å². The van der Waals surface area contributed by atoms with E-state index >= 15 is 0 Å². The van der Waals surface area contributed by atoms with Crippen molar-refractivity contribution in [3.63, 3.8) is 0 Å². The van der Waals surface area contributed by atoms with E-state index < -0.39 is 0 Å². The lowest BCUT2D eigenvalue weighted by molar-refractivity contribution is -0.114. The molecule has 0 radical (unpaired) electrons. The predicted molar refractivity (Wildman–Crippen MR) is 42.2 cm³/mol. The van der Waals surface area contributed by atoms with Crippen LogP contribution in [-0.2, 0) is 4.79 Å². The third kappa shape index (κ3) is 1.03. The highest BCUT2D eigenvalue weighted by atomic mass is 16.1. The van der Waals surface area contributed by atoms with Crippen LogP contribution in [0.15, 0.2) is 0 Å². The Morgan fingerprint density at radius 1 is 1.55 bits per heavy atom. The van der Waals surface area contributed by atoms with Crippen molar-refractivity contribution < 1.29 is 4.79 Å². The molecule has 1 saturated heterocycles. The maximum atomic E-state index is 10.1. The largest absolute Gasteiger partial charge is 0.356 e. The first kappa shape index (κ1) is 7.10. The minimum absolute atomic E-state index is 0.473. The van der Waals surface area contributed by atoms with Crippen LogP contribution < -0.4 is 5.32 Å². The summed E-state index contributed by atoms with van der Waals surface area (Å²) in [7, 11) is 2.14. The second-order valence-electron chi connectivity index (χ2n) is 4.06. The maximum absolute atomic E-state index is 10.1. The highest BCUT2D eigenvalue weighted by Crippen LogP contribution is 2.47.